The number of carboxylic acids is 2. The van der Waals surface area contributed by atoms with Gasteiger partial charge in [0.15, 0.2) is 0 Å². The normalized spacial score (nSPS) is 11.6. The van der Waals surface area contributed by atoms with Gasteiger partial charge >= 0.3 is 11.9 Å². The molecule has 0 radical (unpaired) electrons. The molecule has 5 aromatic rings. The van der Waals surface area contributed by atoms with Crippen molar-refractivity contribution in [3.05, 3.63) is 70.8 Å². The maximum Gasteiger partial charge on any atom is 0.337 e. The second kappa shape index (κ2) is 21.5. The molecule has 5 aromatic carbocycles. The first-order chi connectivity index (χ1) is 27.3. The minimum absolute atomic E-state index is 0.0889. The molecule has 0 atom stereocenters. The maximum absolute atomic E-state index is 14.5. The van der Waals surface area contributed by atoms with Crippen LogP contribution in [0.2, 0.25) is 0 Å². The zero-order valence-electron chi connectivity index (χ0n) is 33.1. The Kier molecular flexibility index (Phi) is 16.2. The molecule has 0 fully saturated rings. The quantitative estimate of drug-likeness (QED) is 0.0247. The first-order valence-electron chi connectivity index (χ1n) is 20.7. The number of benzene rings is 5. The average molecular weight is 767 g/mol. The number of hydrogen-bond acceptors (Lipinski definition) is 6. The first-order valence-corrected chi connectivity index (χ1v) is 20.7. The molecule has 56 heavy (non-hydrogen) atoms. The van der Waals surface area contributed by atoms with Crippen LogP contribution in [0.25, 0.3) is 43.1 Å². The number of hydrogen-bond donors (Lipinski definition) is 4. The van der Waals surface area contributed by atoms with Crippen molar-refractivity contribution in [3.63, 3.8) is 0 Å². The number of nitrogens with one attached hydrogen (secondary N) is 2. The van der Waals surface area contributed by atoms with Gasteiger partial charge in [0.1, 0.15) is 0 Å². The van der Waals surface area contributed by atoms with Crippen LogP contribution < -0.4 is 10.6 Å². The van der Waals surface area contributed by atoms with Crippen LogP contribution in [0.3, 0.4) is 0 Å². The molecule has 0 bridgehead atoms. The predicted molar refractivity (Wildman–Crippen MR) is 224 cm³/mol. The van der Waals surface area contributed by atoms with E-state index < -0.39 is 29.3 Å². The van der Waals surface area contributed by atoms with Crippen LogP contribution in [0.4, 0.5) is 0 Å². The van der Waals surface area contributed by atoms with Gasteiger partial charge in [0, 0.05) is 50.3 Å². The molecule has 4 N–H and O–H groups in total. The molecule has 5 rings (SSSR count). The Morgan fingerprint density at radius 3 is 1.59 bits per heavy atom. The maximum atomic E-state index is 14.5. The third kappa shape index (κ3) is 10.1. The number of rotatable bonds is 26. The summed E-state index contributed by atoms with van der Waals surface area (Å²) >= 11 is 0. The monoisotopic (exact) mass is 766 g/mol. The fourth-order valence-electron chi connectivity index (χ4n) is 7.81. The predicted octanol–water partition coefficient (Wildman–Crippen LogP) is 10.1. The molecule has 0 aliphatic carbocycles. The summed E-state index contributed by atoms with van der Waals surface area (Å²) in [5, 5.41) is 31.3. The Balaban J connectivity index is 1.43. The van der Waals surface area contributed by atoms with Gasteiger partial charge in [-0.1, -0.05) is 121 Å². The molecule has 0 unspecified atom stereocenters. The van der Waals surface area contributed by atoms with Gasteiger partial charge in [-0.05, 0) is 64.1 Å². The van der Waals surface area contributed by atoms with Crippen LogP contribution in [-0.4, -0.2) is 73.5 Å². The summed E-state index contributed by atoms with van der Waals surface area (Å²) in [5.74, 6) is -4.23. The number of aromatic carboxylic acids is 2. The zero-order chi connectivity index (χ0) is 39.9. The van der Waals surface area contributed by atoms with E-state index in [0.717, 1.165) is 41.8 Å². The lowest BCUT2D eigenvalue weighted by atomic mass is 9.81. The zero-order valence-corrected chi connectivity index (χ0v) is 33.1. The third-order valence-electron chi connectivity index (χ3n) is 10.6. The molecule has 10 heteroatoms. The minimum atomic E-state index is -1.50. The van der Waals surface area contributed by atoms with Gasteiger partial charge in [-0.25, -0.2) is 9.59 Å². The number of unbranched alkanes of at least 4 members (excludes halogenated alkanes) is 10. The van der Waals surface area contributed by atoms with Gasteiger partial charge in [-0.2, -0.15) is 0 Å². The highest BCUT2D eigenvalue weighted by Gasteiger charge is 2.34. The average Bonchev–Trinajstić information content (AvgIpc) is 3.19. The van der Waals surface area contributed by atoms with Gasteiger partial charge in [0.25, 0.3) is 11.8 Å². The summed E-state index contributed by atoms with van der Waals surface area (Å²) in [6.45, 7) is 6.79. The molecular formula is C46H58N2O8. The highest BCUT2D eigenvalue weighted by molar-refractivity contribution is 6.40. The topological polar surface area (TPSA) is 151 Å². The fraction of sp³-hybridized carbons (Fsp3) is 0.478. The number of carboxylic acid groups (broad SMARTS) is 2. The molecule has 0 saturated carbocycles. The molecule has 0 aromatic heterocycles. The van der Waals surface area contributed by atoms with Crippen LogP contribution in [0, 0.1) is 0 Å². The summed E-state index contributed by atoms with van der Waals surface area (Å²) in [6, 6.07) is 14.4. The standard InChI is InChI=1S/C46H58N2O8/c1-3-5-7-8-9-10-11-12-13-14-28-56-30-18-25-47-43(49)40-38-34-22-16-20-31-19-15-21-32(36(31)34)33-23-24-35(45(51)52)39(37(33)38)42(46(53)54)41(40)44(50)48-26-17-29-55-27-6-4-2/h15-16,19-24H,3-14,17-18,25-30H2,1-2H3,(H,47,49)(H,48,50)(H,51,52)(H,53,54). The summed E-state index contributed by atoms with van der Waals surface area (Å²) in [4.78, 5) is 54.8. The van der Waals surface area contributed by atoms with E-state index in [2.05, 4.69) is 24.5 Å². The van der Waals surface area contributed by atoms with Crippen molar-refractivity contribution in [2.24, 2.45) is 0 Å². The number of fused-ring (bicyclic) bond motifs is 2. The first kappa shape index (κ1) is 42.3. The Morgan fingerprint density at radius 1 is 0.482 bits per heavy atom. The van der Waals surface area contributed by atoms with Crippen molar-refractivity contribution in [1.82, 2.24) is 10.6 Å². The summed E-state index contributed by atoms with van der Waals surface area (Å²) in [7, 11) is 0. The van der Waals surface area contributed by atoms with Crippen molar-refractivity contribution in [1.29, 1.82) is 0 Å². The van der Waals surface area contributed by atoms with Crippen molar-refractivity contribution in [2.75, 3.05) is 39.5 Å². The van der Waals surface area contributed by atoms with Crippen molar-refractivity contribution in [3.8, 4) is 0 Å². The lowest BCUT2D eigenvalue weighted by Gasteiger charge is -2.23. The molecule has 0 spiro atoms. The van der Waals surface area contributed by atoms with Gasteiger partial charge < -0.3 is 30.3 Å². The van der Waals surface area contributed by atoms with Gasteiger partial charge in [-0.15, -0.1) is 0 Å². The third-order valence-corrected chi connectivity index (χ3v) is 10.6. The lowest BCUT2D eigenvalue weighted by Crippen LogP contribution is -2.33. The van der Waals surface area contributed by atoms with Crippen LogP contribution in [0.1, 0.15) is 145 Å². The highest BCUT2D eigenvalue weighted by atomic mass is 16.5. The fourth-order valence-corrected chi connectivity index (χ4v) is 7.81. The molecule has 10 nitrogen and oxygen atoms in total. The highest BCUT2D eigenvalue weighted by Crippen LogP contribution is 2.45. The van der Waals surface area contributed by atoms with E-state index in [0.29, 0.717) is 60.8 Å². The van der Waals surface area contributed by atoms with Gasteiger partial charge in [0.05, 0.1) is 22.3 Å². The van der Waals surface area contributed by atoms with E-state index in [9.17, 15) is 29.4 Å². The molecule has 0 heterocycles. The molecular weight excluding hydrogens is 709 g/mol. The lowest BCUT2D eigenvalue weighted by molar-refractivity contribution is 0.0692. The second-order valence-electron chi connectivity index (χ2n) is 14.7. The van der Waals surface area contributed by atoms with E-state index in [-0.39, 0.29) is 35.2 Å². The molecule has 0 saturated heterocycles. The van der Waals surface area contributed by atoms with Crippen LogP contribution in [0.15, 0.2) is 48.5 Å². The van der Waals surface area contributed by atoms with Crippen LogP contribution in [0.5, 0.6) is 0 Å². The second-order valence-corrected chi connectivity index (χ2v) is 14.7. The van der Waals surface area contributed by atoms with E-state index in [1.807, 2.05) is 36.4 Å². The van der Waals surface area contributed by atoms with Crippen LogP contribution >= 0.6 is 0 Å². The van der Waals surface area contributed by atoms with Crippen molar-refractivity contribution in [2.45, 2.75) is 104 Å². The van der Waals surface area contributed by atoms with Gasteiger partial charge in [0.2, 0.25) is 0 Å². The number of ether oxygens (including phenoxy) is 2. The van der Waals surface area contributed by atoms with Crippen LogP contribution in [-0.2, 0) is 9.47 Å². The minimum Gasteiger partial charge on any atom is -0.478 e. The van der Waals surface area contributed by atoms with Crippen molar-refractivity contribution >= 4 is 66.8 Å². The summed E-state index contributed by atoms with van der Waals surface area (Å²) in [5.41, 5.74) is -1.24. The Bertz CT molecular complexity index is 2100. The van der Waals surface area contributed by atoms with E-state index >= 15 is 0 Å². The summed E-state index contributed by atoms with van der Waals surface area (Å²) in [6.07, 6.45) is 15.3. The number of amides is 2. The molecule has 0 aliphatic heterocycles. The molecule has 300 valence electrons. The van der Waals surface area contributed by atoms with E-state index in [4.69, 9.17) is 9.47 Å². The van der Waals surface area contributed by atoms with Gasteiger partial charge in [-0.3, -0.25) is 9.59 Å². The molecule has 2 amide bonds. The number of carbonyl (C=O) groups excluding carboxylic acids is 2. The summed E-state index contributed by atoms with van der Waals surface area (Å²) < 4.78 is 11.5. The Labute approximate surface area is 329 Å². The van der Waals surface area contributed by atoms with E-state index in [1.165, 1.54) is 57.4 Å². The SMILES string of the molecule is CCCCCCCCCCCCOCCCNC(=O)c1c(C(=O)NCCCOCCCC)c(C(=O)O)c2c(C(=O)O)ccc3c4cccc5cccc(c1c23)c54. The van der Waals surface area contributed by atoms with Crippen molar-refractivity contribution < 1.29 is 38.9 Å². The Hall–Kier alpha value is -4.80. The molecule has 0 aliphatic rings. The smallest absolute Gasteiger partial charge is 0.337 e. The van der Waals surface area contributed by atoms with E-state index in [1.54, 1.807) is 6.07 Å². The Morgan fingerprint density at radius 2 is 1.00 bits per heavy atom. The number of carbonyl (C=O) groups is 4. The largest absolute Gasteiger partial charge is 0.478 e.